The first-order valence-corrected chi connectivity index (χ1v) is 12.4. The van der Waals surface area contributed by atoms with E-state index in [9.17, 15) is 4.79 Å². The number of methoxy groups -OCH3 is 3. The lowest BCUT2D eigenvalue weighted by Gasteiger charge is -2.41. The van der Waals surface area contributed by atoms with Gasteiger partial charge in [0.25, 0.3) is 0 Å². The highest BCUT2D eigenvalue weighted by Crippen LogP contribution is 2.40. The van der Waals surface area contributed by atoms with Gasteiger partial charge in [-0.25, -0.2) is 0 Å². The van der Waals surface area contributed by atoms with E-state index in [0.717, 1.165) is 29.7 Å². The summed E-state index contributed by atoms with van der Waals surface area (Å²) < 4.78 is 22.7. The van der Waals surface area contributed by atoms with E-state index in [2.05, 4.69) is 42.5 Å². The van der Waals surface area contributed by atoms with E-state index in [1.165, 1.54) is 11.1 Å². The lowest BCUT2D eigenvalue weighted by Crippen LogP contribution is -2.49. The lowest BCUT2D eigenvalue weighted by atomic mass is 9.87. The number of benzene rings is 3. The molecule has 190 valence electrons. The largest absolute Gasteiger partial charge is 0.493 e. The van der Waals surface area contributed by atoms with Crippen LogP contribution in [0.15, 0.2) is 72.8 Å². The Morgan fingerprint density at radius 3 is 2.24 bits per heavy atom. The Bertz CT molecular complexity index is 1310. The first kappa shape index (κ1) is 24.5. The predicted molar refractivity (Wildman–Crippen MR) is 145 cm³/mol. The van der Waals surface area contributed by atoms with Crippen LogP contribution in [-0.2, 0) is 4.79 Å². The van der Waals surface area contributed by atoms with Crippen LogP contribution in [0.5, 0.6) is 23.0 Å². The van der Waals surface area contributed by atoms with Gasteiger partial charge < -0.3 is 23.8 Å². The van der Waals surface area contributed by atoms with Crippen molar-refractivity contribution in [1.82, 2.24) is 4.90 Å². The molecule has 3 aromatic rings. The number of likely N-dealkylation sites (tertiary alicyclic amines) is 1. The van der Waals surface area contributed by atoms with Gasteiger partial charge in [0, 0.05) is 37.6 Å². The summed E-state index contributed by atoms with van der Waals surface area (Å²) in [6, 6.07) is 20.3. The summed E-state index contributed by atoms with van der Waals surface area (Å²) >= 11 is 0. The Labute approximate surface area is 217 Å². The molecule has 0 unspecified atom stereocenters. The van der Waals surface area contributed by atoms with Gasteiger partial charge in [0.1, 0.15) is 11.4 Å². The zero-order valence-corrected chi connectivity index (χ0v) is 21.4. The molecular formula is C31H31NO5. The van der Waals surface area contributed by atoms with Crippen LogP contribution >= 0.6 is 0 Å². The topological polar surface area (TPSA) is 57.2 Å². The van der Waals surface area contributed by atoms with Gasteiger partial charge in [-0.3, -0.25) is 4.79 Å². The van der Waals surface area contributed by atoms with Crippen molar-refractivity contribution >= 4 is 18.1 Å². The van der Waals surface area contributed by atoms with Crippen molar-refractivity contribution in [1.29, 1.82) is 0 Å². The van der Waals surface area contributed by atoms with Gasteiger partial charge in [-0.15, -0.1) is 0 Å². The fourth-order valence-electron chi connectivity index (χ4n) is 4.92. The minimum absolute atomic E-state index is 0.0312. The molecule has 0 aromatic heterocycles. The molecule has 6 heteroatoms. The number of ether oxygens (including phenoxy) is 4. The zero-order valence-electron chi connectivity index (χ0n) is 21.4. The second-order valence-corrected chi connectivity index (χ2v) is 9.24. The highest BCUT2D eigenvalue weighted by Gasteiger charge is 2.37. The molecule has 0 radical (unpaired) electrons. The van der Waals surface area contributed by atoms with Gasteiger partial charge in [0.05, 0.1) is 21.3 Å². The molecule has 0 saturated carbocycles. The van der Waals surface area contributed by atoms with Crippen LogP contribution in [0.1, 0.15) is 24.0 Å². The van der Waals surface area contributed by atoms with Crippen LogP contribution in [0.3, 0.4) is 0 Å². The van der Waals surface area contributed by atoms with Crippen LogP contribution in [0.25, 0.3) is 23.3 Å². The third kappa shape index (κ3) is 5.05. The molecule has 0 atom stereocenters. The fraction of sp³-hybridized carbons (Fsp3) is 0.258. The Morgan fingerprint density at radius 1 is 0.892 bits per heavy atom. The highest BCUT2D eigenvalue weighted by molar-refractivity contribution is 5.92. The van der Waals surface area contributed by atoms with Crippen LogP contribution in [-0.4, -0.2) is 50.8 Å². The standard InChI is InChI=1S/C31H31NO5/c1-34-27-19-22(20-28(35-2)30(27)36-3)9-12-29(33)32-17-15-31(16-18-32)14-13-25-21-24(10-11-26(25)37-31)23-7-5-4-6-8-23/h4-14,19-21H,15-18H2,1-3H3/b12-9+. The van der Waals surface area contributed by atoms with E-state index >= 15 is 0 Å². The average Bonchev–Trinajstić information content (AvgIpc) is 2.95. The molecule has 1 saturated heterocycles. The number of fused-ring (bicyclic) bond motifs is 1. The number of carbonyl (C=O) groups excluding carboxylic acids is 1. The summed E-state index contributed by atoms with van der Waals surface area (Å²) in [6.45, 7) is 1.25. The number of hydrogen-bond donors (Lipinski definition) is 0. The van der Waals surface area contributed by atoms with Gasteiger partial charge in [0.2, 0.25) is 11.7 Å². The normalized spacial score (nSPS) is 15.8. The van der Waals surface area contributed by atoms with Gasteiger partial charge in [0.15, 0.2) is 11.5 Å². The Balaban J connectivity index is 1.23. The van der Waals surface area contributed by atoms with E-state index in [1.54, 1.807) is 33.5 Å². The zero-order chi connectivity index (χ0) is 25.8. The lowest BCUT2D eigenvalue weighted by molar-refractivity contribution is -0.128. The average molecular weight is 498 g/mol. The first-order valence-electron chi connectivity index (χ1n) is 12.4. The molecule has 2 heterocycles. The molecule has 37 heavy (non-hydrogen) atoms. The maximum atomic E-state index is 12.9. The van der Waals surface area contributed by atoms with Crippen molar-refractivity contribution in [2.24, 2.45) is 0 Å². The number of nitrogens with zero attached hydrogens (tertiary/aromatic N) is 1. The van der Waals surface area contributed by atoms with Crippen LogP contribution in [0, 0.1) is 0 Å². The second-order valence-electron chi connectivity index (χ2n) is 9.24. The Morgan fingerprint density at radius 2 is 1.59 bits per heavy atom. The van der Waals surface area contributed by atoms with Crippen molar-refractivity contribution in [2.45, 2.75) is 18.4 Å². The smallest absolute Gasteiger partial charge is 0.246 e. The van der Waals surface area contributed by atoms with Gasteiger partial charge >= 0.3 is 0 Å². The quantitative estimate of drug-likeness (QED) is 0.399. The maximum absolute atomic E-state index is 12.9. The molecule has 2 aliphatic heterocycles. The maximum Gasteiger partial charge on any atom is 0.246 e. The fourth-order valence-corrected chi connectivity index (χ4v) is 4.92. The second kappa shape index (κ2) is 10.4. The predicted octanol–water partition coefficient (Wildman–Crippen LogP) is 5.86. The number of hydrogen-bond acceptors (Lipinski definition) is 5. The molecule has 1 amide bonds. The minimum atomic E-state index is -0.377. The molecule has 1 fully saturated rings. The molecule has 5 rings (SSSR count). The van der Waals surface area contributed by atoms with Crippen molar-refractivity contribution in [3.05, 3.63) is 83.9 Å². The van der Waals surface area contributed by atoms with Crippen LogP contribution in [0.2, 0.25) is 0 Å². The van der Waals surface area contributed by atoms with Gasteiger partial charge in [-0.05, 0) is 53.1 Å². The van der Waals surface area contributed by atoms with E-state index in [4.69, 9.17) is 18.9 Å². The monoisotopic (exact) mass is 497 g/mol. The van der Waals surface area contributed by atoms with Crippen LogP contribution in [0.4, 0.5) is 0 Å². The molecule has 6 nitrogen and oxygen atoms in total. The molecule has 0 N–H and O–H groups in total. The summed E-state index contributed by atoms with van der Waals surface area (Å²) in [5.74, 6) is 2.48. The minimum Gasteiger partial charge on any atom is -0.493 e. The van der Waals surface area contributed by atoms with Gasteiger partial charge in [-0.2, -0.15) is 0 Å². The van der Waals surface area contributed by atoms with Crippen molar-refractivity contribution in [3.63, 3.8) is 0 Å². The van der Waals surface area contributed by atoms with E-state index in [-0.39, 0.29) is 11.5 Å². The number of amides is 1. The molecule has 0 aliphatic carbocycles. The first-order chi connectivity index (χ1) is 18.0. The third-order valence-electron chi connectivity index (χ3n) is 7.02. The summed E-state index contributed by atoms with van der Waals surface area (Å²) in [4.78, 5) is 14.8. The molecule has 1 spiro atoms. The highest BCUT2D eigenvalue weighted by atomic mass is 16.5. The van der Waals surface area contributed by atoms with Gasteiger partial charge in [-0.1, -0.05) is 42.5 Å². The number of carbonyl (C=O) groups is 1. The molecular weight excluding hydrogens is 466 g/mol. The summed E-state index contributed by atoms with van der Waals surface area (Å²) in [5.41, 5.74) is 3.85. The summed E-state index contributed by atoms with van der Waals surface area (Å²) in [7, 11) is 4.71. The third-order valence-corrected chi connectivity index (χ3v) is 7.02. The van der Waals surface area contributed by atoms with Crippen LogP contribution < -0.4 is 18.9 Å². The SMILES string of the molecule is COc1cc(/C=C/C(=O)N2CCC3(C=Cc4cc(-c5ccccc5)ccc4O3)CC2)cc(OC)c1OC. The van der Waals surface area contributed by atoms with Crippen molar-refractivity contribution in [3.8, 4) is 34.1 Å². The van der Waals surface area contributed by atoms with E-state index in [1.807, 2.05) is 35.2 Å². The molecule has 3 aromatic carbocycles. The number of rotatable bonds is 6. The Kier molecular flexibility index (Phi) is 6.91. The van der Waals surface area contributed by atoms with Crippen molar-refractivity contribution < 1.29 is 23.7 Å². The molecule has 2 aliphatic rings. The number of piperidine rings is 1. The van der Waals surface area contributed by atoms with E-state index in [0.29, 0.717) is 30.3 Å². The molecule has 0 bridgehead atoms. The summed E-state index contributed by atoms with van der Waals surface area (Å²) in [5, 5.41) is 0. The van der Waals surface area contributed by atoms with Crippen molar-refractivity contribution in [2.75, 3.05) is 34.4 Å². The van der Waals surface area contributed by atoms with E-state index < -0.39 is 0 Å². The summed E-state index contributed by atoms with van der Waals surface area (Å²) in [6.07, 6.45) is 9.18. The Hall–Kier alpha value is -4.19.